The van der Waals surface area contributed by atoms with Crippen LogP contribution >= 0.6 is 19.2 Å². The van der Waals surface area contributed by atoms with E-state index in [9.17, 15) is 0 Å². The highest BCUT2D eigenvalue weighted by molar-refractivity contribution is 7.69. The lowest BCUT2D eigenvalue weighted by molar-refractivity contribution is 0.557. The molecule has 0 rings (SSSR count). The first-order valence-corrected chi connectivity index (χ1v) is 18.4. The molecule has 0 aliphatic rings. The van der Waals surface area contributed by atoms with Gasteiger partial charge in [0.1, 0.15) is 0 Å². The Morgan fingerprint density at radius 3 is 1.14 bits per heavy atom. The summed E-state index contributed by atoms with van der Waals surface area (Å²) in [5.74, 6) is 0. The summed E-state index contributed by atoms with van der Waals surface area (Å²) in [7, 11) is 0.560. The number of unbranched alkanes of at least 4 members (excludes halogenated alkanes) is 21. The quantitative estimate of drug-likeness (QED) is 0.0514. The summed E-state index contributed by atoms with van der Waals surface area (Å²) in [6.45, 7) is 6.92. The lowest BCUT2D eigenvalue weighted by Gasteiger charge is -2.14. The van der Waals surface area contributed by atoms with Gasteiger partial charge in [0.15, 0.2) is 0 Å². The smallest absolute Gasteiger partial charge is 0.00842 e. The molecule has 0 heterocycles. The molecule has 0 saturated carbocycles. The molecule has 0 aromatic heterocycles. The lowest BCUT2D eigenvalue weighted by Crippen LogP contribution is -1.99. The van der Waals surface area contributed by atoms with E-state index < -0.39 is 0 Å². The van der Waals surface area contributed by atoms with Gasteiger partial charge in [-0.1, -0.05) is 185 Å². The van der Waals surface area contributed by atoms with Crippen LogP contribution in [0, 0.1) is 0 Å². The molecule has 35 heavy (non-hydrogen) atoms. The topological polar surface area (TPSA) is 0 Å². The van der Waals surface area contributed by atoms with Crippen molar-refractivity contribution in [1.29, 1.82) is 0 Å². The maximum absolute atomic E-state index is 6.48. The molecule has 0 amide bonds. The van der Waals surface area contributed by atoms with Crippen molar-refractivity contribution in [2.45, 2.75) is 200 Å². The molecule has 0 aliphatic heterocycles. The predicted molar refractivity (Wildman–Crippen MR) is 168 cm³/mol. The normalized spacial score (nSPS) is 12.6. The molecule has 2 unspecified atom stereocenters. The summed E-state index contributed by atoms with van der Waals surface area (Å²) in [4.78, 5) is 0. The van der Waals surface area contributed by atoms with Crippen molar-refractivity contribution in [2.24, 2.45) is 0 Å². The van der Waals surface area contributed by atoms with Crippen LogP contribution in [-0.4, -0.2) is 5.66 Å². The second-order valence-electron chi connectivity index (χ2n) is 11.3. The average Bonchev–Trinajstić information content (AvgIpc) is 2.87. The second kappa shape index (κ2) is 30.7. The summed E-state index contributed by atoms with van der Waals surface area (Å²) in [5.41, 5.74) is 2.38. The highest BCUT2D eigenvalue weighted by atomic mass is 35.7. The van der Waals surface area contributed by atoms with Crippen LogP contribution < -0.4 is 0 Å². The van der Waals surface area contributed by atoms with Crippen LogP contribution in [0.1, 0.15) is 194 Å². The summed E-state index contributed by atoms with van der Waals surface area (Å²) in [5, 5.41) is 0. The van der Waals surface area contributed by atoms with Crippen molar-refractivity contribution in [3.05, 3.63) is 11.6 Å². The maximum atomic E-state index is 6.48. The molecule has 0 aromatic rings. The fraction of sp³-hybridized carbons (Fsp3) is 0.939. The predicted octanol–water partition coefficient (Wildman–Crippen LogP) is 13.7. The third-order valence-electron chi connectivity index (χ3n) is 7.65. The Bertz CT molecular complexity index is 397. The fourth-order valence-corrected chi connectivity index (χ4v) is 6.34. The van der Waals surface area contributed by atoms with Gasteiger partial charge < -0.3 is 0 Å². The number of hydrogen-bond donors (Lipinski definition) is 0. The Balaban J connectivity index is 4.30. The largest absolute Gasteiger partial charge is 0.0995 e. The van der Waals surface area contributed by atoms with E-state index >= 15 is 0 Å². The molecule has 0 radical (unpaired) electrons. The molecule has 0 N–H and O–H groups in total. The minimum absolute atomic E-state index is 0.560. The van der Waals surface area contributed by atoms with Gasteiger partial charge in [0.25, 0.3) is 0 Å². The summed E-state index contributed by atoms with van der Waals surface area (Å²) < 4.78 is 0. The molecular weight excluding hydrogens is 463 g/mol. The maximum Gasteiger partial charge on any atom is 0.00842 e. The first kappa shape index (κ1) is 35.5. The summed E-state index contributed by atoms with van der Waals surface area (Å²) >= 11 is 6.48. The first-order chi connectivity index (χ1) is 17.3. The number of rotatable bonds is 29. The summed E-state index contributed by atoms with van der Waals surface area (Å²) in [6.07, 6.45) is 40.7. The molecule has 0 nitrogen and oxygen atoms in total. The molecule has 0 spiro atoms. The van der Waals surface area contributed by atoms with Gasteiger partial charge in [-0.15, -0.1) is 0 Å². The van der Waals surface area contributed by atoms with Gasteiger partial charge >= 0.3 is 0 Å². The minimum atomic E-state index is 0.560. The standard InChI is InChI=1S/C33H66ClP/c1-4-7-10-13-16-19-22-25-28-32(29-26-23-20-17-14-11-8-5-2)31-33(35-34)30-27-24-21-18-15-12-9-6-3/h31,33,35H,4-30H2,1-3H3. The van der Waals surface area contributed by atoms with Crippen LogP contribution in [0.5, 0.6) is 0 Å². The van der Waals surface area contributed by atoms with Crippen LogP contribution in [0.2, 0.25) is 0 Å². The van der Waals surface area contributed by atoms with Crippen molar-refractivity contribution < 1.29 is 0 Å². The zero-order chi connectivity index (χ0) is 25.7. The first-order valence-electron chi connectivity index (χ1n) is 16.3. The van der Waals surface area contributed by atoms with Crippen LogP contribution in [0.3, 0.4) is 0 Å². The number of hydrogen-bond acceptors (Lipinski definition) is 0. The van der Waals surface area contributed by atoms with E-state index in [-0.39, 0.29) is 0 Å². The van der Waals surface area contributed by atoms with E-state index in [1.807, 2.05) is 0 Å². The van der Waals surface area contributed by atoms with Gasteiger partial charge in [-0.3, -0.25) is 0 Å². The number of halogens is 1. The Hall–Kier alpha value is 0.460. The van der Waals surface area contributed by atoms with Crippen LogP contribution in [-0.2, 0) is 0 Å². The van der Waals surface area contributed by atoms with Crippen molar-refractivity contribution in [2.75, 3.05) is 0 Å². The Morgan fingerprint density at radius 1 is 0.486 bits per heavy atom. The Kier molecular flexibility index (Phi) is 31.1. The third kappa shape index (κ3) is 27.3. The Labute approximate surface area is 230 Å². The van der Waals surface area contributed by atoms with Gasteiger partial charge in [0.05, 0.1) is 0 Å². The van der Waals surface area contributed by atoms with E-state index in [0.29, 0.717) is 13.6 Å². The molecule has 0 bridgehead atoms. The van der Waals surface area contributed by atoms with Gasteiger partial charge in [-0.05, 0) is 40.0 Å². The van der Waals surface area contributed by atoms with E-state index in [0.717, 1.165) is 0 Å². The van der Waals surface area contributed by atoms with Crippen LogP contribution in [0.25, 0.3) is 0 Å². The molecule has 0 aliphatic carbocycles. The molecule has 210 valence electrons. The third-order valence-corrected chi connectivity index (χ3v) is 9.23. The highest BCUT2D eigenvalue weighted by Crippen LogP contribution is 2.32. The van der Waals surface area contributed by atoms with E-state index in [4.69, 9.17) is 11.2 Å². The molecule has 2 heteroatoms. The Morgan fingerprint density at radius 2 is 0.800 bits per heavy atom. The van der Waals surface area contributed by atoms with Crippen molar-refractivity contribution in [3.63, 3.8) is 0 Å². The molecule has 2 atom stereocenters. The second-order valence-corrected chi connectivity index (χ2v) is 12.9. The van der Waals surface area contributed by atoms with E-state index in [1.54, 1.807) is 5.57 Å². The monoisotopic (exact) mass is 528 g/mol. The molecule has 0 aromatic carbocycles. The zero-order valence-electron chi connectivity index (χ0n) is 24.6. The van der Waals surface area contributed by atoms with Gasteiger partial charge in [-0.2, -0.15) is 0 Å². The van der Waals surface area contributed by atoms with Crippen molar-refractivity contribution in [1.82, 2.24) is 0 Å². The number of allylic oxidation sites excluding steroid dienone is 2. The SMILES string of the molecule is CCCCCCCCCCC(=CC(CCCCCCCCCC)PCl)CCCCCCCCCC. The highest BCUT2D eigenvalue weighted by Gasteiger charge is 2.08. The summed E-state index contributed by atoms with van der Waals surface area (Å²) in [6, 6.07) is 0. The van der Waals surface area contributed by atoms with Gasteiger partial charge in [-0.25, -0.2) is 0 Å². The van der Waals surface area contributed by atoms with Crippen LogP contribution in [0.4, 0.5) is 0 Å². The zero-order valence-corrected chi connectivity index (χ0v) is 26.4. The van der Waals surface area contributed by atoms with E-state index in [1.165, 1.54) is 173 Å². The van der Waals surface area contributed by atoms with Gasteiger partial charge in [0.2, 0.25) is 0 Å². The van der Waals surface area contributed by atoms with Crippen LogP contribution in [0.15, 0.2) is 11.6 Å². The van der Waals surface area contributed by atoms with Gasteiger partial charge in [0, 0.05) is 5.66 Å². The molecule has 0 fully saturated rings. The lowest BCUT2D eigenvalue weighted by atomic mass is 9.97. The molecule has 0 saturated heterocycles. The fourth-order valence-electron chi connectivity index (χ4n) is 5.22. The van der Waals surface area contributed by atoms with E-state index in [2.05, 4.69) is 26.8 Å². The van der Waals surface area contributed by atoms with Crippen molar-refractivity contribution >= 4 is 19.2 Å². The minimum Gasteiger partial charge on any atom is -0.0995 e. The average molecular weight is 529 g/mol. The van der Waals surface area contributed by atoms with Crippen molar-refractivity contribution in [3.8, 4) is 0 Å². The molecular formula is C33H66ClP.